The van der Waals surface area contributed by atoms with Crippen LogP contribution in [0.2, 0.25) is 10.0 Å². The molecule has 5 rings (SSSR count). The molecule has 3 aliphatic rings. The summed E-state index contributed by atoms with van der Waals surface area (Å²) in [5, 5.41) is 15.6. The number of ether oxygens (including phenoxy) is 1. The van der Waals surface area contributed by atoms with E-state index >= 15 is 0 Å². The first-order chi connectivity index (χ1) is 17.9. The first-order valence-corrected chi connectivity index (χ1v) is 15.4. The molecule has 4 atom stereocenters. The lowest BCUT2D eigenvalue weighted by Gasteiger charge is -2.40. The quantitative estimate of drug-likeness (QED) is 0.363. The van der Waals surface area contributed by atoms with Crippen LogP contribution in [0.4, 0.5) is 0 Å². The summed E-state index contributed by atoms with van der Waals surface area (Å²) in [7, 11) is 0. The molecule has 5 nitrogen and oxygen atoms in total. The molecule has 3 aliphatic heterocycles. The van der Waals surface area contributed by atoms with Crippen LogP contribution in [0.1, 0.15) is 62.5 Å². The third-order valence-corrected chi connectivity index (χ3v) is 10.1. The number of benzene rings is 1. The average Bonchev–Trinajstić information content (AvgIpc) is 3.62. The largest absolute Gasteiger partial charge is 0.481 e. The van der Waals surface area contributed by atoms with E-state index in [1.165, 1.54) is 5.56 Å². The summed E-state index contributed by atoms with van der Waals surface area (Å²) in [4.78, 5) is 16.9. The summed E-state index contributed by atoms with van der Waals surface area (Å²) in [5.74, 6) is 0.0116. The summed E-state index contributed by atoms with van der Waals surface area (Å²) >= 11 is 14.4. The Morgan fingerprint density at radius 3 is 2.68 bits per heavy atom. The van der Waals surface area contributed by atoms with Gasteiger partial charge in [-0.25, -0.2) is 0 Å². The van der Waals surface area contributed by atoms with Crippen LogP contribution in [0.3, 0.4) is 0 Å². The molecule has 2 aromatic rings. The van der Waals surface area contributed by atoms with Crippen molar-refractivity contribution in [3.8, 4) is 0 Å². The molecule has 0 bridgehead atoms. The van der Waals surface area contributed by atoms with Gasteiger partial charge in [-0.05, 0) is 78.1 Å². The van der Waals surface area contributed by atoms with E-state index in [1.54, 1.807) is 11.3 Å². The van der Waals surface area contributed by atoms with Gasteiger partial charge in [-0.3, -0.25) is 9.69 Å². The van der Waals surface area contributed by atoms with Gasteiger partial charge in [0.15, 0.2) is 0 Å². The number of halogens is 2. The molecular formula is C29H38Cl2N2O3S. The molecule has 2 unspecified atom stereocenters. The fourth-order valence-electron chi connectivity index (χ4n) is 6.78. The molecule has 1 aromatic carbocycles. The molecule has 0 amide bonds. The monoisotopic (exact) mass is 564 g/mol. The molecule has 3 saturated heterocycles. The second-order valence-corrected chi connectivity index (χ2v) is 12.9. The number of hydrogen-bond acceptors (Lipinski definition) is 5. The van der Waals surface area contributed by atoms with Crippen molar-refractivity contribution in [1.82, 2.24) is 9.80 Å². The predicted octanol–water partition coefficient (Wildman–Crippen LogP) is 6.79. The van der Waals surface area contributed by atoms with Crippen LogP contribution in [0.25, 0.3) is 0 Å². The molecule has 0 saturated carbocycles. The van der Waals surface area contributed by atoms with Gasteiger partial charge in [0.05, 0.1) is 17.6 Å². The topological polar surface area (TPSA) is 53.0 Å². The number of carboxylic acids is 1. The molecule has 0 aliphatic carbocycles. The molecule has 202 valence electrons. The van der Waals surface area contributed by atoms with E-state index in [4.69, 9.17) is 27.9 Å². The van der Waals surface area contributed by atoms with Gasteiger partial charge in [0, 0.05) is 55.2 Å². The lowest BCUT2D eigenvalue weighted by Crippen LogP contribution is -2.47. The number of aliphatic carboxylic acids is 1. The zero-order valence-electron chi connectivity index (χ0n) is 21.6. The minimum absolute atomic E-state index is 0.123. The maximum Gasteiger partial charge on any atom is 0.309 e. The number of rotatable bonds is 9. The van der Waals surface area contributed by atoms with E-state index in [1.807, 2.05) is 18.2 Å². The minimum Gasteiger partial charge on any atom is -0.481 e. The Kier molecular flexibility index (Phi) is 8.84. The minimum atomic E-state index is -0.702. The second kappa shape index (κ2) is 11.9. The van der Waals surface area contributed by atoms with Gasteiger partial charge in [0.25, 0.3) is 0 Å². The molecule has 1 spiro atoms. The zero-order valence-corrected chi connectivity index (χ0v) is 23.9. The van der Waals surface area contributed by atoms with Gasteiger partial charge in [-0.2, -0.15) is 11.3 Å². The smallest absolute Gasteiger partial charge is 0.309 e. The van der Waals surface area contributed by atoms with Crippen molar-refractivity contribution >= 4 is 40.5 Å². The third kappa shape index (κ3) is 6.37. The average molecular weight is 566 g/mol. The van der Waals surface area contributed by atoms with Gasteiger partial charge in [0.1, 0.15) is 0 Å². The summed E-state index contributed by atoms with van der Waals surface area (Å²) < 4.78 is 6.53. The van der Waals surface area contributed by atoms with Crippen LogP contribution in [0, 0.1) is 11.8 Å². The van der Waals surface area contributed by atoms with Crippen molar-refractivity contribution in [2.24, 2.45) is 11.8 Å². The Morgan fingerprint density at radius 1 is 1.19 bits per heavy atom. The van der Waals surface area contributed by atoms with Crippen molar-refractivity contribution in [2.45, 2.75) is 69.6 Å². The summed E-state index contributed by atoms with van der Waals surface area (Å²) in [5.41, 5.74) is 2.46. The van der Waals surface area contributed by atoms with E-state index in [-0.39, 0.29) is 17.6 Å². The highest BCUT2D eigenvalue weighted by molar-refractivity contribution is 7.08. The van der Waals surface area contributed by atoms with Gasteiger partial charge in [-0.1, -0.05) is 42.6 Å². The number of nitrogens with zero attached hydrogens (tertiary/aromatic N) is 2. The lowest BCUT2D eigenvalue weighted by atomic mass is 9.86. The molecule has 8 heteroatoms. The van der Waals surface area contributed by atoms with E-state index in [9.17, 15) is 9.90 Å². The van der Waals surface area contributed by atoms with Crippen molar-refractivity contribution < 1.29 is 14.6 Å². The van der Waals surface area contributed by atoms with Gasteiger partial charge in [-0.15, -0.1) is 0 Å². The Labute approximate surface area is 234 Å². The van der Waals surface area contributed by atoms with Gasteiger partial charge < -0.3 is 14.7 Å². The Balaban J connectivity index is 1.19. The normalized spacial score (nSPS) is 27.2. The number of hydrogen-bond donors (Lipinski definition) is 1. The van der Waals surface area contributed by atoms with Crippen LogP contribution in [0.5, 0.6) is 0 Å². The van der Waals surface area contributed by atoms with E-state index in [2.05, 4.69) is 33.6 Å². The fraction of sp³-hybridized carbons (Fsp3) is 0.621. The highest BCUT2D eigenvalue weighted by Crippen LogP contribution is 2.43. The Hall–Kier alpha value is -1.15. The first-order valence-electron chi connectivity index (χ1n) is 13.7. The molecular weight excluding hydrogens is 527 g/mol. The highest BCUT2D eigenvalue weighted by Gasteiger charge is 2.46. The fourth-order valence-corrected chi connectivity index (χ4v) is 7.97. The summed E-state index contributed by atoms with van der Waals surface area (Å²) in [6.07, 6.45) is 5.33. The van der Waals surface area contributed by atoms with Crippen LogP contribution in [0.15, 0.2) is 35.0 Å². The second-order valence-electron chi connectivity index (χ2n) is 11.3. The van der Waals surface area contributed by atoms with E-state index in [0.717, 1.165) is 82.0 Å². The molecule has 3 fully saturated rings. The van der Waals surface area contributed by atoms with Gasteiger partial charge in [0.2, 0.25) is 0 Å². The van der Waals surface area contributed by atoms with E-state index < -0.39 is 5.97 Å². The SMILES string of the molecule is CCCC(C(=O)O)C1CCC2(CCN(C[C@H]3CN(Cc4ccc(Cl)cc4Cl)C[C@@H]3c3ccsc3)CC2)O1. The van der Waals surface area contributed by atoms with Gasteiger partial charge >= 0.3 is 5.97 Å². The van der Waals surface area contributed by atoms with Crippen LogP contribution in [-0.4, -0.2) is 65.3 Å². The Bertz CT molecular complexity index is 1060. The van der Waals surface area contributed by atoms with Crippen molar-refractivity contribution in [2.75, 3.05) is 32.7 Å². The van der Waals surface area contributed by atoms with E-state index in [0.29, 0.717) is 23.3 Å². The lowest BCUT2D eigenvalue weighted by molar-refractivity contribution is -0.152. The number of thiophene rings is 1. The number of carboxylic acid groups (broad SMARTS) is 1. The molecule has 0 radical (unpaired) electrons. The first kappa shape index (κ1) is 27.4. The summed E-state index contributed by atoms with van der Waals surface area (Å²) in [6.45, 7) is 8.11. The zero-order chi connectivity index (χ0) is 26.0. The number of likely N-dealkylation sites (tertiary alicyclic amines) is 2. The molecule has 1 aromatic heterocycles. The van der Waals surface area contributed by atoms with Crippen LogP contribution in [-0.2, 0) is 16.1 Å². The van der Waals surface area contributed by atoms with Crippen LogP contribution < -0.4 is 0 Å². The van der Waals surface area contributed by atoms with Crippen molar-refractivity contribution in [3.63, 3.8) is 0 Å². The molecule has 1 N–H and O–H groups in total. The van der Waals surface area contributed by atoms with Crippen molar-refractivity contribution in [1.29, 1.82) is 0 Å². The molecule has 4 heterocycles. The summed E-state index contributed by atoms with van der Waals surface area (Å²) in [6, 6.07) is 8.09. The highest BCUT2D eigenvalue weighted by atomic mass is 35.5. The third-order valence-electron chi connectivity index (χ3n) is 8.81. The standard InChI is InChI=1S/C29H38Cl2N2O3S/c1-2-3-24(28(34)35)27-6-8-29(36-27)9-11-32(12-10-29)16-22-17-33(18-25(22)21-7-13-37-19-21)15-20-4-5-23(30)14-26(20)31/h4-5,7,13-14,19,22,24-25,27H,2-3,6,8-12,15-18H2,1H3,(H,34,35)/t22-,24?,25+,27?/m0/s1. The predicted molar refractivity (Wildman–Crippen MR) is 151 cm³/mol. The molecule has 37 heavy (non-hydrogen) atoms. The number of carbonyl (C=O) groups is 1. The maximum atomic E-state index is 11.8. The Morgan fingerprint density at radius 2 is 2.00 bits per heavy atom. The van der Waals surface area contributed by atoms with Crippen LogP contribution >= 0.6 is 34.5 Å². The number of piperidine rings is 1. The maximum absolute atomic E-state index is 11.8. The van der Waals surface area contributed by atoms with Crippen molar-refractivity contribution in [3.05, 3.63) is 56.2 Å².